The van der Waals surface area contributed by atoms with Crippen molar-refractivity contribution in [2.75, 3.05) is 0 Å². The summed E-state index contributed by atoms with van der Waals surface area (Å²) in [7, 11) is 0. The number of hydrogen-bond acceptors (Lipinski definition) is 7. The fourth-order valence-electron chi connectivity index (χ4n) is 5.22. The van der Waals surface area contributed by atoms with Crippen LogP contribution in [0.2, 0.25) is 0 Å². The maximum Gasteiger partial charge on any atom is 0.296 e. The molecule has 0 bridgehead atoms. The number of benzene rings is 4. The molecule has 4 aromatic carbocycles. The summed E-state index contributed by atoms with van der Waals surface area (Å²) in [6.07, 6.45) is 3.99. The predicted octanol–water partition coefficient (Wildman–Crippen LogP) is 5.70. The smallest absolute Gasteiger partial charge is 0.296 e. The maximum atomic E-state index is 13.6. The van der Waals surface area contributed by atoms with Gasteiger partial charge in [-0.3, -0.25) is 9.59 Å². The Kier molecular flexibility index (Phi) is 7.82. The molecule has 0 radical (unpaired) electrons. The van der Waals surface area contributed by atoms with Crippen LogP contribution in [0.3, 0.4) is 0 Å². The van der Waals surface area contributed by atoms with Crippen LogP contribution in [0.15, 0.2) is 119 Å². The first-order chi connectivity index (χ1) is 22.4. The number of aromatic nitrogens is 5. The van der Waals surface area contributed by atoms with Crippen LogP contribution in [-0.2, 0) is 13.0 Å². The third kappa shape index (κ3) is 6.00. The van der Waals surface area contributed by atoms with Gasteiger partial charge in [-0.05, 0) is 66.9 Å². The zero-order valence-electron chi connectivity index (χ0n) is 25.3. The maximum absolute atomic E-state index is 13.6. The van der Waals surface area contributed by atoms with Gasteiger partial charge in [0.1, 0.15) is 23.7 Å². The van der Waals surface area contributed by atoms with Gasteiger partial charge in [-0.15, -0.1) is 0 Å². The molecule has 0 saturated heterocycles. The molecule has 226 valence electrons. The van der Waals surface area contributed by atoms with Gasteiger partial charge in [0.15, 0.2) is 0 Å². The fraction of sp³-hybridized carbons (Fsp3) is 0.108. The first-order valence-electron chi connectivity index (χ1n) is 14.8. The van der Waals surface area contributed by atoms with Gasteiger partial charge in [-0.1, -0.05) is 89.7 Å². The highest BCUT2D eigenvalue weighted by atomic mass is 32.1. The van der Waals surface area contributed by atoms with Gasteiger partial charge in [0.2, 0.25) is 4.96 Å². The highest BCUT2D eigenvalue weighted by Gasteiger charge is 2.16. The van der Waals surface area contributed by atoms with E-state index in [1.54, 1.807) is 10.8 Å². The van der Waals surface area contributed by atoms with Crippen LogP contribution in [0.5, 0.6) is 5.75 Å². The minimum absolute atomic E-state index is 0.227. The van der Waals surface area contributed by atoms with E-state index in [1.165, 1.54) is 4.52 Å². The Morgan fingerprint density at radius 1 is 0.826 bits per heavy atom. The van der Waals surface area contributed by atoms with E-state index in [0.717, 1.165) is 56.2 Å². The van der Waals surface area contributed by atoms with Gasteiger partial charge in [0.05, 0.1) is 10.2 Å². The second-order valence-electron chi connectivity index (χ2n) is 11.1. The summed E-state index contributed by atoms with van der Waals surface area (Å²) < 4.78 is 9.54. The molecule has 0 amide bonds. The largest absolute Gasteiger partial charge is 0.489 e. The predicted molar refractivity (Wildman–Crippen MR) is 181 cm³/mol. The van der Waals surface area contributed by atoms with Gasteiger partial charge in [-0.25, -0.2) is 4.68 Å². The number of ether oxygens (including phenoxy) is 1. The van der Waals surface area contributed by atoms with Crippen molar-refractivity contribution in [1.82, 2.24) is 24.4 Å². The SMILES string of the molecule is Cc1ccc(Cc2nn3c(=O)/c(=C/c4cn(-c5ccccc5)nc4-c4ccc(OCc5ccccc5)c(C)c4)sc3nc2=O)cc1. The fourth-order valence-corrected chi connectivity index (χ4v) is 6.11. The zero-order chi connectivity index (χ0) is 31.6. The number of para-hydroxylation sites is 1. The molecule has 0 aliphatic carbocycles. The van der Waals surface area contributed by atoms with E-state index >= 15 is 0 Å². The average Bonchev–Trinajstić information content (AvgIpc) is 3.63. The van der Waals surface area contributed by atoms with Crippen molar-refractivity contribution >= 4 is 22.4 Å². The van der Waals surface area contributed by atoms with Crippen LogP contribution in [0.25, 0.3) is 28.0 Å². The highest BCUT2D eigenvalue weighted by molar-refractivity contribution is 7.15. The molecule has 0 fully saturated rings. The van der Waals surface area contributed by atoms with Crippen molar-refractivity contribution in [3.63, 3.8) is 0 Å². The molecule has 46 heavy (non-hydrogen) atoms. The van der Waals surface area contributed by atoms with Crippen molar-refractivity contribution in [3.05, 3.63) is 168 Å². The summed E-state index contributed by atoms with van der Waals surface area (Å²) in [5.41, 5.74) is 6.78. The van der Waals surface area contributed by atoms with E-state index in [0.29, 0.717) is 23.3 Å². The quantitative estimate of drug-likeness (QED) is 0.216. The Bertz CT molecular complexity index is 2350. The Hall–Kier alpha value is -5.67. The van der Waals surface area contributed by atoms with Gasteiger partial charge >= 0.3 is 0 Å². The molecule has 0 aliphatic rings. The molecule has 0 unspecified atom stereocenters. The van der Waals surface area contributed by atoms with Crippen molar-refractivity contribution in [2.24, 2.45) is 0 Å². The topological polar surface area (TPSA) is 91.4 Å². The van der Waals surface area contributed by atoms with Crippen molar-refractivity contribution in [3.8, 4) is 22.7 Å². The van der Waals surface area contributed by atoms with Crippen LogP contribution >= 0.6 is 11.3 Å². The number of rotatable bonds is 8. The number of fused-ring (bicyclic) bond motifs is 1. The minimum atomic E-state index is -0.434. The van der Waals surface area contributed by atoms with Crippen molar-refractivity contribution < 1.29 is 4.74 Å². The van der Waals surface area contributed by atoms with Crippen molar-refractivity contribution in [2.45, 2.75) is 26.9 Å². The molecular weight excluding hydrogens is 595 g/mol. The lowest BCUT2D eigenvalue weighted by Crippen LogP contribution is -2.28. The normalized spacial score (nSPS) is 11.7. The lowest BCUT2D eigenvalue weighted by Gasteiger charge is -2.10. The molecule has 0 saturated carbocycles. The third-order valence-electron chi connectivity index (χ3n) is 7.68. The van der Waals surface area contributed by atoms with E-state index in [9.17, 15) is 9.59 Å². The summed E-state index contributed by atoms with van der Waals surface area (Å²) in [4.78, 5) is 30.9. The Labute approximate surface area is 268 Å². The van der Waals surface area contributed by atoms with Crippen LogP contribution in [0.4, 0.5) is 0 Å². The molecule has 9 heteroatoms. The molecular formula is C37H29N5O3S. The lowest BCUT2D eigenvalue weighted by molar-refractivity contribution is 0.304. The number of aryl methyl sites for hydroxylation is 2. The summed E-state index contributed by atoms with van der Waals surface area (Å²) in [6, 6.07) is 33.7. The number of thiazole rings is 1. The first-order valence-corrected chi connectivity index (χ1v) is 15.7. The number of hydrogen-bond donors (Lipinski definition) is 0. The van der Waals surface area contributed by atoms with Gasteiger partial charge < -0.3 is 4.74 Å². The molecule has 0 aliphatic heterocycles. The molecule has 8 nitrogen and oxygen atoms in total. The molecule has 3 aromatic heterocycles. The summed E-state index contributed by atoms with van der Waals surface area (Å²) >= 11 is 1.13. The average molecular weight is 624 g/mol. The first kappa shape index (κ1) is 29.1. The third-order valence-corrected chi connectivity index (χ3v) is 8.64. The molecule has 0 spiro atoms. The molecule has 7 rings (SSSR count). The molecule has 7 aromatic rings. The van der Waals surface area contributed by atoms with Gasteiger partial charge in [0.25, 0.3) is 11.1 Å². The minimum Gasteiger partial charge on any atom is -0.489 e. The second-order valence-corrected chi connectivity index (χ2v) is 12.1. The van der Waals surface area contributed by atoms with Gasteiger partial charge in [0, 0.05) is 23.7 Å². The molecule has 0 N–H and O–H groups in total. The van der Waals surface area contributed by atoms with Crippen LogP contribution < -0.4 is 20.4 Å². The van der Waals surface area contributed by atoms with Crippen LogP contribution in [-0.4, -0.2) is 24.4 Å². The van der Waals surface area contributed by atoms with Gasteiger partial charge in [-0.2, -0.15) is 19.7 Å². The monoisotopic (exact) mass is 623 g/mol. The van der Waals surface area contributed by atoms with Crippen LogP contribution in [0, 0.1) is 13.8 Å². The summed E-state index contributed by atoms with van der Waals surface area (Å²) in [5.74, 6) is 0.787. The van der Waals surface area contributed by atoms with E-state index in [1.807, 2.05) is 123 Å². The number of nitrogens with zero attached hydrogens (tertiary/aromatic N) is 5. The Balaban J connectivity index is 1.28. The molecule has 3 heterocycles. The van der Waals surface area contributed by atoms with E-state index in [-0.39, 0.29) is 16.2 Å². The Morgan fingerprint density at radius 2 is 1.57 bits per heavy atom. The molecule has 0 atom stereocenters. The van der Waals surface area contributed by atoms with Crippen LogP contribution in [0.1, 0.15) is 33.5 Å². The van der Waals surface area contributed by atoms with E-state index in [2.05, 4.69) is 10.1 Å². The zero-order valence-corrected chi connectivity index (χ0v) is 26.1. The van der Waals surface area contributed by atoms with E-state index < -0.39 is 5.56 Å². The van der Waals surface area contributed by atoms with Crippen molar-refractivity contribution in [1.29, 1.82) is 0 Å². The standard InChI is InChI=1S/C37H29N5O3S/c1-24-13-15-26(16-14-24)20-31-35(43)38-37-42(39-31)36(44)33(46-37)21-29-22-41(30-11-7-4-8-12-30)40-34(29)28-17-18-32(25(2)19-28)45-23-27-9-5-3-6-10-27/h3-19,21-22H,20,23H2,1-2H3/b33-21-. The highest BCUT2D eigenvalue weighted by Crippen LogP contribution is 2.29. The lowest BCUT2D eigenvalue weighted by atomic mass is 10.0. The Morgan fingerprint density at radius 3 is 2.30 bits per heavy atom. The summed E-state index contributed by atoms with van der Waals surface area (Å²) in [6.45, 7) is 4.48. The van der Waals surface area contributed by atoms with E-state index in [4.69, 9.17) is 9.84 Å². The second kappa shape index (κ2) is 12.4. The summed E-state index contributed by atoms with van der Waals surface area (Å²) in [5, 5.41) is 9.37.